The predicted molar refractivity (Wildman–Crippen MR) is 100 cm³/mol. The Bertz CT molecular complexity index is 624. The Labute approximate surface area is 151 Å². The van der Waals surface area contributed by atoms with E-state index in [1.807, 2.05) is 17.0 Å². The van der Waals surface area contributed by atoms with Crippen LogP contribution in [0.3, 0.4) is 0 Å². The summed E-state index contributed by atoms with van der Waals surface area (Å²) in [6.45, 7) is 8.21. The van der Waals surface area contributed by atoms with Crippen molar-refractivity contribution in [2.75, 3.05) is 13.1 Å². The molecule has 1 saturated heterocycles. The fourth-order valence-corrected chi connectivity index (χ4v) is 4.13. The van der Waals surface area contributed by atoms with Crippen molar-refractivity contribution >= 4 is 5.91 Å². The fraction of sp³-hybridized carbons (Fsp3) is 0.667. The van der Waals surface area contributed by atoms with Crippen molar-refractivity contribution in [1.29, 1.82) is 0 Å². The highest BCUT2D eigenvalue weighted by Crippen LogP contribution is 2.41. The number of aryl methyl sites for hydroxylation is 1. The van der Waals surface area contributed by atoms with Gasteiger partial charge in [0.1, 0.15) is 0 Å². The van der Waals surface area contributed by atoms with Gasteiger partial charge >= 0.3 is 0 Å². The summed E-state index contributed by atoms with van der Waals surface area (Å²) in [6.07, 6.45) is 4.84. The van der Waals surface area contributed by atoms with E-state index in [2.05, 4.69) is 38.2 Å². The predicted octanol–water partition coefficient (Wildman–Crippen LogP) is 3.02. The van der Waals surface area contributed by atoms with Gasteiger partial charge in [-0.3, -0.25) is 4.79 Å². The van der Waals surface area contributed by atoms with E-state index < -0.39 is 5.60 Å². The highest BCUT2D eigenvalue weighted by atomic mass is 16.3. The number of hydrogen-bond acceptors (Lipinski definition) is 3. The number of carbonyl (C=O) groups is 1. The smallest absolute Gasteiger partial charge is 0.256 e. The Morgan fingerprint density at radius 3 is 2.68 bits per heavy atom. The first kappa shape index (κ1) is 18.4. The lowest BCUT2D eigenvalue weighted by Gasteiger charge is -2.39. The average Bonchev–Trinajstić information content (AvgIpc) is 3.30. The molecular weight excluding hydrogens is 312 g/mol. The molecule has 1 saturated carbocycles. The van der Waals surface area contributed by atoms with Crippen LogP contribution in [0.4, 0.5) is 0 Å². The molecule has 1 amide bonds. The highest BCUT2D eigenvalue weighted by Gasteiger charge is 2.47. The van der Waals surface area contributed by atoms with Gasteiger partial charge in [-0.25, -0.2) is 0 Å². The number of piperidine rings is 1. The molecule has 2 aliphatic rings. The van der Waals surface area contributed by atoms with Crippen LogP contribution in [0.25, 0.3) is 0 Å². The molecule has 1 atom stereocenters. The molecule has 25 heavy (non-hydrogen) atoms. The molecule has 0 spiro atoms. The Kier molecular flexibility index (Phi) is 5.21. The van der Waals surface area contributed by atoms with Gasteiger partial charge in [-0.2, -0.15) is 0 Å². The van der Waals surface area contributed by atoms with Gasteiger partial charge < -0.3 is 15.3 Å². The standard InChI is InChI=1S/C21H32N2O2/c1-16(2)13-20(9-10-20)22-15-21(25)8-5-11-23(19(21)24)14-18-7-4-6-17(3)12-18/h4,6-7,12,16,22,25H,5,8-11,13-15H2,1-3H3/t21-/m0/s1. The van der Waals surface area contributed by atoms with Crippen molar-refractivity contribution in [3.05, 3.63) is 35.4 Å². The lowest BCUT2D eigenvalue weighted by Crippen LogP contribution is -2.59. The zero-order chi connectivity index (χ0) is 18.1. The Balaban J connectivity index is 1.62. The molecule has 1 aromatic rings. The maximum absolute atomic E-state index is 12.9. The van der Waals surface area contributed by atoms with Crippen LogP contribution in [0.15, 0.2) is 24.3 Å². The monoisotopic (exact) mass is 344 g/mol. The van der Waals surface area contributed by atoms with Crippen LogP contribution >= 0.6 is 0 Å². The van der Waals surface area contributed by atoms with E-state index in [1.54, 1.807) is 0 Å². The van der Waals surface area contributed by atoms with Crippen molar-refractivity contribution in [1.82, 2.24) is 10.2 Å². The minimum absolute atomic E-state index is 0.117. The third-order valence-electron chi connectivity index (χ3n) is 5.57. The Morgan fingerprint density at radius 2 is 2.04 bits per heavy atom. The highest BCUT2D eigenvalue weighted by molar-refractivity contribution is 5.86. The van der Waals surface area contributed by atoms with Crippen LogP contribution < -0.4 is 5.32 Å². The van der Waals surface area contributed by atoms with Gasteiger partial charge in [0.15, 0.2) is 5.60 Å². The van der Waals surface area contributed by atoms with Gasteiger partial charge in [-0.1, -0.05) is 43.7 Å². The van der Waals surface area contributed by atoms with Crippen molar-refractivity contribution in [3.63, 3.8) is 0 Å². The SMILES string of the molecule is Cc1cccc(CN2CCC[C@](O)(CNC3(CC(C)C)CC3)C2=O)c1. The van der Waals surface area contributed by atoms with Crippen molar-refractivity contribution in [2.45, 2.75) is 70.6 Å². The molecule has 0 unspecified atom stereocenters. The molecule has 2 fully saturated rings. The van der Waals surface area contributed by atoms with Crippen molar-refractivity contribution < 1.29 is 9.90 Å². The van der Waals surface area contributed by atoms with Gasteiger partial charge in [0.25, 0.3) is 5.91 Å². The van der Waals surface area contributed by atoms with E-state index in [9.17, 15) is 9.90 Å². The molecule has 4 heteroatoms. The number of aliphatic hydroxyl groups is 1. The maximum atomic E-state index is 12.9. The molecule has 0 bridgehead atoms. The van der Waals surface area contributed by atoms with E-state index in [-0.39, 0.29) is 11.4 Å². The van der Waals surface area contributed by atoms with E-state index in [4.69, 9.17) is 0 Å². The van der Waals surface area contributed by atoms with E-state index in [0.29, 0.717) is 25.4 Å². The number of rotatable bonds is 7. The number of carbonyl (C=O) groups excluding carboxylic acids is 1. The first-order valence-electron chi connectivity index (χ1n) is 9.64. The third kappa shape index (κ3) is 4.42. The van der Waals surface area contributed by atoms with Gasteiger partial charge in [0, 0.05) is 25.2 Å². The lowest BCUT2D eigenvalue weighted by molar-refractivity contribution is -0.157. The van der Waals surface area contributed by atoms with Crippen LogP contribution in [0.2, 0.25) is 0 Å². The first-order valence-corrected chi connectivity index (χ1v) is 9.64. The molecule has 3 rings (SSSR count). The van der Waals surface area contributed by atoms with Gasteiger partial charge in [0.2, 0.25) is 0 Å². The summed E-state index contributed by atoms with van der Waals surface area (Å²) in [4.78, 5) is 14.8. The van der Waals surface area contributed by atoms with Gasteiger partial charge in [0.05, 0.1) is 0 Å². The van der Waals surface area contributed by atoms with Crippen LogP contribution in [-0.2, 0) is 11.3 Å². The third-order valence-corrected chi connectivity index (χ3v) is 5.57. The fourth-order valence-electron chi connectivity index (χ4n) is 4.13. The first-order chi connectivity index (χ1) is 11.8. The average molecular weight is 344 g/mol. The molecular formula is C21H32N2O2. The minimum atomic E-state index is -1.26. The van der Waals surface area contributed by atoms with E-state index >= 15 is 0 Å². The van der Waals surface area contributed by atoms with Crippen LogP contribution in [-0.4, -0.2) is 40.1 Å². The molecule has 138 valence electrons. The molecule has 0 aromatic heterocycles. The van der Waals surface area contributed by atoms with Gasteiger partial charge in [-0.05, 0) is 50.5 Å². The summed E-state index contributed by atoms with van der Waals surface area (Å²) in [5, 5.41) is 14.6. The summed E-state index contributed by atoms with van der Waals surface area (Å²) in [6, 6.07) is 8.25. The van der Waals surface area contributed by atoms with Crippen molar-refractivity contribution in [2.24, 2.45) is 5.92 Å². The van der Waals surface area contributed by atoms with Crippen LogP contribution in [0.1, 0.15) is 57.1 Å². The minimum Gasteiger partial charge on any atom is -0.379 e. The molecule has 0 radical (unpaired) electrons. The Hall–Kier alpha value is -1.39. The summed E-state index contributed by atoms with van der Waals surface area (Å²) in [5.74, 6) is 0.512. The number of β-amino-alcohol motifs (C(OH)–C–C–N with tert-alkyl or cyclic N) is 1. The number of hydrogen-bond donors (Lipinski definition) is 2. The maximum Gasteiger partial charge on any atom is 0.256 e. The molecule has 2 N–H and O–H groups in total. The van der Waals surface area contributed by atoms with Gasteiger partial charge in [-0.15, -0.1) is 0 Å². The largest absolute Gasteiger partial charge is 0.379 e. The molecule has 1 heterocycles. The summed E-state index contributed by atoms with van der Waals surface area (Å²) in [5.41, 5.74) is 1.23. The molecule has 4 nitrogen and oxygen atoms in total. The molecule has 1 aromatic carbocycles. The summed E-state index contributed by atoms with van der Waals surface area (Å²) in [7, 11) is 0. The second-order valence-corrected chi connectivity index (χ2v) is 8.58. The zero-order valence-electron chi connectivity index (χ0n) is 15.8. The summed E-state index contributed by atoms with van der Waals surface area (Å²) >= 11 is 0. The normalized spacial score (nSPS) is 25.5. The number of nitrogens with one attached hydrogen (secondary N) is 1. The van der Waals surface area contributed by atoms with Crippen LogP contribution in [0.5, 0.6) is 0 Å². The number of benzene rings is 1. The lowest BCUT2D eigenvalue weighted by atomic mass is 9.90. The number of amides is 1. The second-order valence-electron chi connectivity index (χ2n) is 8.58. The second kappa shape index (κ2) is 7.08. The van der Waals surface area contributed by atoms with E-state index in [1.165, 1.54) is 5.56 Å². The molecule has 1 aliphatic heterocycles. The Morgan fingerprint density at radius 1 is 1.28 bits per heavy atom. The molecule has 1 aliphatic carbocycles. The van der Waals surface area contributed by atoms with Crippen LogP contribution in [0, 0.1) is 12.8 Å². The summed E-state index contributed by atoms with van der Waals surface area (Å²) < 4.78 is 0. The number of likely N-dealkylation sites (tertiary alicyclic amines) is 1. The zero-order valence-corrected chi connectivity index (χ0v) is 15.8. The topological polar surface area (TPSA) is 52.6 Å². The quantitative estimate of drug-likeness (QED) is 0.799. The number of nitrogens with zero attached hydrogens (tertiary/aromatic N) is 1. The van der Waals surface area contributed by atoms with E-state index in [0.717, 1.165) is 37.8 Å². The van der Waals surface area contributed by atoms with Crippen molar-refractivity contribution in [3.8, 4) is 0 Å².